The Bertz CT molecular complexity index is 674. The number of carbonyl (C=O) groups excluding carboxylic acids is 1. The van der Waals surface area contributed by atoms with Gasteiger partial charge in [-0.3, -0.25) is 9.69 Å². The summed E-state index contributed by atoms with van der Waals surface area (Å²) in [5, 5.41) is 0.779. The normalized spacial score (nSPS) is 18.3. The van der Waals surface area contributed by atoms with Crippen molar-refractivity contribution in [2.75, 3.05) is 18.1 Å². The molecule has 1 saturated heterocycles. The molecule has 0 bridgehead atoms. The summed E-state index contributed by atoms with van der Waals surface area (Å²) >= 11 is 1.58. The predicted octanol–water partition coefficient (Wildman–Crippen LogP) is 3.45. The van der Waals surface area contributed by atoms with Crippen LogP contribution in [0, 0.1) is 13.8 Å². The number of benzene rings is 1. The lowest BCUT2D eigenvalue weighted by molar-refractivity contribution is -0.116. The molecule has 1 atom stereocenters. The standard InChI is InChI=1S/C16H20N2O2S/c1-10-7-11(2)15-14(8-10)21-16(17-15)18(12(3)19)9-13-5-4-6-20-13/h7-8,13H,4-6,9H2,1-3H3. The fourth-order valence-corrected chi connectivity index (χ4v) is 4.00. The minimum absolute atomic E-state index is 0.0268. The molecule has 0 N–H and O–H groups in total. The van der Waals surface area contributed by atoms with Crippen molar-refractivity contribution in [3.05, 3.63) is 23.3 Å². The van der Waals surface area contributed by atoms with E-state index in [4.69, 9.17) is 4.74 Å². The number of nitrogens with zero attached hydrogens (tertiary/aromatic N) is 2. The summed E-state index contributed by atoms with van der Waals surface area (Å²) in [7, 11) is 0. The van der Waals surface area contributed by atoms with E-state index in [2.05, 4.69) is 31.0 Å². The second-order valence-electron chi connectivity index (χ2n) is 5.69. The number of hydrogen-bond acceptors (Lipinski definition) is 4. The maximum Gasteiger partial charge on any atom is 0.225 e. The minimum Gasteiger partial charge on any atom is -0.376 e. The van der Waals surface area contributed by atoms with Crippen molar-refractivity contribution in [1.82, 2.24) is 4.98 Å². The van der Waals surface area contributed by atoms with Gasteiger partial charge in [-0.15, -0.1) is 0 Å². The first-order valence-electron chi connectivity index (χ1n) is 7.32. The van der Waals surface area contributed by atoms with Gasteiger partial charge in [0.1, 0.15) is 0 Å². The van der Waals surface area contributed by atoms with E-state index in [1.807, 2.05) is 0 Å². The van der Waals surface area contributed by atoms with E-state index in [0.29, 0.717) is 6.54 Å². The van der Waals surface area contributed by atoms with Gasteiger partial charge in [-0.25, -0.2) is 4.98 Å². The van der Waals surface area contributed by atoms with Gasteiger partial charge in [0, 0.05) is 13.5 Å². The van der Waals surface area contributed by atoms with E-state index in [9.17, 15) is 4.79 Å². The molecule has 0 aliphatic carbocycles. The third-order valence-corrected chi connectivity index (χ3v) is 4.87. The van der Waals surface area contributed by atoms with Crippen LogP contribution in [-0.2, 0) is 9.53 Å². The first-order valence-corrected chi connectivity index (χ1v) is 8.14. The van der Waals surface area contributed by atoms with Crippen molar-refractivity contribution in [1.29, 1.82) is 0 Å². The molecule has 0 spiro atoms. The highest BCUT2D eigenvalue weighted by atomic mass is 32.1. The zero-order valence-corrected chi connectivity index (χ0v) is 13.5. The molecule has 0 radical (unpaired) electrons. The van der Waals surface area contributed by atoms with E-state index >= 15 is 0 Å². The number of rotatable bonds is 3. The number of fused-ring (bicyclic) bond motifs is 1. The predicted molar refractivity (Wildman–Crippen MR) is 86.1 cm³/mol. The van der Waals surface area contributed by atoms with Crippen LogP contribution in [0.1, 0.15) is 30.9 Å². The number of carbonyl (C=O) groups is 1. The van der Waals surface area contributed by atoms with Crippen molar-refractivity contribution in [2.24, 2.45) is 0 Å². The maximum atomic E-state index is 12.0. The lowest BCUT2D eigenvalue weighted by Crippen LogP contribution is -2.35. The van der Waals surface area contributed by atoms with E-state index in [-0.39, 0.29) is 12.0 Å². The summed E-state index contributed by atoms with van der Waals surface area (Å²) in [6.07, 6.45) is 2.24. The van der Waals surface area contributed by atoms with Crippen LogP contribution in [0.2, 0.25) is 0 Å². The van der Waals surface area contributed by atoms with E-state index < -0.39 is 0 Å². The number of aromatic nitrogens is 1. The molecule has 1 aromatic carbocycles. The van der Waals surface area contributed by atoms with Crippen LogP contribution >= 0.6 is 11.3 Å². The van der Waals surface area contributed by atoms with Crippen molar-refractivity contribution in [3.63, 3.8) is 0 Å². The number of aryl methyl sites for hydroxylation is 2. The molecule has 1 aliphatic heterocycles. The van der Waals surface area contributed by atoms with E-state index in [1.54, 1.807) is 23.2 Å². The number of thiazole rings is 1. The minimum atomic E-state index is 0.0268. The molecule has 0 saturated carbocycles. The molecule has 1 amide bonds. The summed E-state index contributed by atoms with van der Waals surface area (Å²) in [5.41, 5.74) is 3.39. The third kappa shape index (κ3) is 2.94. The second-order valence-corrected chi connectivity index (χ2v) is 6.70. The lowest BCUT2D eigenvalue weighted by Gasteiger charge is -2.21. The summed E-state index contributed by atoms with van der Waals surface area (Å²) in [4.78, 5) is 18.4. The Morgan fingerprint density at radius 3 is 2.95 bits per heavy atom. The monoisotopic (exact) mass is 304 g/mol. The maximum absolute atomic E-state index is 12.0. The highest BCUT2D eigenvalue weighted by molar-refractivity contribution is 7.22. The van der Waals surface area contributed by atoms with Crippen molar-refractivity contribution in [2.45, 2.75) is 39.7 Å². The number of anilines is 1. The smallest absolute Gasteiger partial charge is 0.225 e. The van der Waals surface area contributed by atoms with Crippen molar-refractivity contribution < 1.29 is 9.53 Å². The summed E-state index contributed by atoms with van der Waals surface area (Å²) in [6.45, 7) is 7.15. The molecule has 21 heavy (non-hydrogen) atoms. The van der Waals surface area contributed by atoms with Gasteiger partial charge >= 0.3 is 0 Å². The average molecular weight is 304 g/mol. The molecule has 1 aromatic heterocycles. The van der Waals surface area contributed by atoms with Gasteiger partial charge in [-0.2, -0.15) is 0 Å². The first-order chi connectivity index (χ1) is 10.0. The molecule has 2 aromatic rings. The SMILES string of the molecule is CC(=O)N(CC1CCCO1)c1nc2c(C)cc(C)cc2s1. The Morgan fingerprint density at radius 2 is 2.29 bits per heavy atom. The van der Waals surface area contributed by atoms with Crippen LogP contribution in [0.5, 0.6) is 0 Å². The molecule has 4 nitrogen and oxygen atoms in total. The van der Waals surface area contributed by atoms with Gasteiger partial charge in [-0.05, 0) is 43.9 Å². The zero-order chi connectivity index (χ0) is 15.0. The van der Waals surface area contributed by atoms with Crippen LogP contribution in [0.3, 0.4) is 0 Å². The summed E-state index contributed by atoms with van der Waals surface area (Å²) in [5.74, 6) is 0.0268. The van der Waals surface area contributed by atoms with E-state index in [1.165, 1.54) is 5.56 Å². The quantitative estimate of drug-likeness (QED) is 0.872. The van der Waals surface area contributed by atoms with Crippen LogP contribution in [0.4, 0.5) is 5.13 Å². The van der Waals surface area contributed by atoms with Gasteiger partial charge in [0.15, 0.2) is 5.13 Å². The first kappa shape index (κ1) is 14.5. The highest BCUT2D eigenvalue weighted by Crippen LogP contribution is 2.32. The topological polar surface area (TPSA) is 42.4 Å². The number of ether oxygens (including phenoxy) is 1. The average Bonchev–Trinajstić information content (AvgIpc) is 3.03. The van der Waals surface area contributed by atoms with Gasteiger partial charge in [-0.1, -0.05) is 17.4 Å². The molecule has 2 heterocycles. The molecular weight excluding hydrogens is 284 g/mol. The largest absolute Gasteiger partial charge is 0.376 e. The van der Waals surface area contributed by atoms with Gasteiger partial charge in [0.25, 0.3) is 0 Å². The van der Waals surface area contributed by atoms with Crippen LogP contribution in [0.15, 0.2) is 12.1 Å². The Balaban J connectivity index is 1.95. The summed E-state index contributed by atoms with van der Waals surface area (Å²) < 4.78 is 6.79. The van der Waals surface area contributed by atoms with Crippen LogP contribution in [-0.4, -0.2) is 30.1 Å². The Kier molecular flexibility index (Phi) is 3.95. The Labute approximate surface area is 128 Å². The van der Waals surface area contributed by atoms with E-state index in [0.717, 1.165) is 40.4 Å². The Hall–Kier alpha value is -1.46. The number of amides is 1. The third-order valence-electron chi connectivity index (χ3n) is 3.84. The molecular formula is C16H20N2O2S. The van der Waals surface area contributed by atoms with Crippen LogP contribution in [0.25, 0.3) is 10.2 Å². The van der Waals surface area contributed by atoms with Crippen LogP contribution < -0.4 is 4.90 Å². The lowest BCUT2D eigenvalue weighted by atomic mass is 10.1. The van der Waals surface area contributed by atoms with Gasteiger partial charge in [0.2, 0.25) is 5.91 Å². The van der Waals surface area contributed by atoms with Crippen molar-refractivity contribution in [3.8, 4) is 0 Å². The van der Waals surface area contributed by atoms with Gasteiger partial charge in [0.05, 0.1) is 22.9 Å². The Morgan fingerprint density at radius 1 is 1.48 bits per heavy atom. The number of hydrogen-bond donors (Lipinski definition) is 0. The molecule has 5 heteroatoms. The van der Waals surface area contributed by atoms with Crippen molar-refractivity contribution >= 4 is 32.6 Å². The fourth-order valence-electron chi connectivity index (χ4n) is 2.81. The highest BCUT2D eigenvalue weighted by Gasteiger charge is 2.24. The summed E-state index contributed by atoms with van der Waals surface area (Å²) in [6, 6.07) is 4.26. The molecule has 112 valence electrons. The molecule has 1 fully saturated rings. The zero-order valence-electron chi connectivity index (χ0n) is 12.7. The molecule has 1 unspecified atom stereocenters. The van der Waals surface area contributed by atoms with Gasteiger partial charge < -0.3 is 4.74 Å². The second kappa shape index (κ2) is 5.73. The fraction of sp³-hybridized carbons (Fsp3) is 0.500. The molecule has 3 rings (SSSR count). The molecule has 1 aliphatic rings.